The SMILES string of the molecule is CC(O)CN(C)CC(=O)c1ccc[nH]1. The number of carbonyl (C=O) groups is 1. The summed E-state index contributed by atoms with van der Waals surface area (Å²) in [4.78, 5) is 16.2. The third kappa shape index (κ3) is 3.32. The van der Waals surface area contributed by atoms with Crippen molar-refractivity contribution < 1.29 is 9.90 Å². The maximum atomic E-state index is 11.5. The Morgan fingerprint density at radius 3 is 2.93 bits per heavy atom. The number of aliphatic hydroxyl groups is 1. The molecule has 0 bridgehead atoms. The molecule has 1 unspecified atom stereocenters. The largest absolute Gasteiger partial charge is 0.392 e. The quantitative estimate of drug-likeness (QED) is 0.675. The maximum Gasteiger partial charge on any atom is 0.192 e. The van der Waals surface area contributed by atoms with Gasteiger partial charge in [-0.2, -0.15) is 0 Å². The Labute approximate surface area is 83.5 Å². The molecule has 14 heavy (non-hydrogen) atoms. The van der Waals surface area contributed by atoms with Crippen LogP contribution in [0.2, 0.25) is 0 Å². The first-order valence-electron chi connectivity index (χ1n) is 4.63. The van der Waals surface area contributed by atoms with E-state index >= 15 is 0 Å². The number of carbonyl (C=O) groups excluding carboxylic acids is 1. The molecule has 0 aromatic carbocycles. The smallest absolute Gasteiger partial charge is 0.192 e. The molecule has 0 spiro atoms. The molecule has 0 aliphatic heterocycles. The lowest BCUT2D eigenvalue weighted by Gasteiger charge is -2.16. The highest BCUT2D eigenvalue weighted by Crippen LogP contribution is 1.98. The number of aromatic nitrogens is 1. The van der Waals surface area contributed by atoms with E-state index < -0.39 is 6.10 Å². The van der Waals surface area contributed by atoms with E-state index in [9.17, 15) is 4.79 Å². The topological polar surface area (TPSA) is 56.3 Å². The van der Waals surface area contributed by atoms with Gasteiger partial charge in [-0.3, -0.25) is 9.69 Å². The summed E-state index contributed by atoms with van der Waals surface area (Å²) >= 11 is 0. The zero-order valence-electron chi connectivity index (χ0n) is 8.53. The lowest BCUT2D eigenvalue weighted by atomic mass is 10.2. The second kappa shape index (κ2) is 4.93. The first kappa shape index (κ1) is 10.9. The summed E-state index contributed by atoms with van der Waals surface area (Å²) < 4.78 is 0. The molecule has 0 radical (unpaired) electrons. The number of hydrogen-bond donors (Lipinski definition) is 2. The van der Waals surface area contributed by atoms with Gasteiger partial charge in [-0.05, 0) is 26.1 Å². The van der Waals surface area contributed by atoms with Gasteiger partial charge in [-0.1, -0.05) is 0 Å². The van der Waals surface area contributed by atoms with Crippen molar-refractivity contribution in [1.82, 2.24) is 9.88 Å². The Morgan fingerprint density at radius 2 is 2.43 bits per heavy atom. The van der Waals surface area contributed by atoms with E-state index in [1.807, 2.05) is 7.05 Å². The average molecular weight is 196 g/mol. The summed E-state index contributed by atoms with van der Waals surface area (Å²) in [7, 11) is 1.81. The second-order valence-corrected chi connectivity index (χ2v) is 3.55. The number of likely N-dealkylation sites (N-methyl/N-ethyl adjacent to an activating group) is 1. The Kier molecular flexibility index (Phi) is 3.85. The maximum absolute atomic E-state index is 11.5. The van der Waals surface area contributed by atoms with E-state index in [1.54, 1.807) is 30.2 Å². The number of ketones is 1. The Balaban J connectivity index is 2.41. The molecular weight excluding hydrogens is 180 g/mol. The molecule has 0 saturated carbocycles. The summed E-state index contributed by atoms with van der Waals surface area (Å²) in [6, 6.07) is 3.54. The molecule has 2 N–H and O–H groups in total. The fourth-order valence-electron chi connectivity index (χ4n) is 1.35. The predicted molar refractivity (Wildman–Crippen MR) is 54.3 cm³/mol. The Morgan fingerprint density at radius 1 is 1.71 bits per heavy atom. The van der Waals surface area contributed by atoms with Crippen molar-refractivity contribution in [3.63, 3.8) is 0 Å². The van der Waals surface area contributed by atoms with Gasteiger partial charge in [0.1, 0.15) is 0 Å². The van der Waals surface area contributed by atoms with Crippen LogP contribution in [0.15, 0.2) is 18.3 Å². The van der Waals surface area contributed by atoms with Gasteiger partial charge < -0.3 is 10.1 Å². The van der Waals surface area contributed by atoms with Crippen molar-refractivity contribution in [3.05, 3.63) is 24.0 Å². The van der Waals surface area contributed by atoms with Crippen LogP contribution in [0.3, 0.4) is 0 Å². The molecule has 0 aliphatic carbocycles. The fraction of sp³-hybridized carbons (Fsp3) is 0.500. The highest BCUT2D eigenvalue weighted by molar-refractivity contribution is 5.95. The normalized spacial score (nSPS) is 13.1. The third-order valence-corrected chi connectivity index (χ3v) is 1.89. The number of aromatic amines is 1. The molecular formula is C10H16N2O2. The third-order valence-electron chi connectivity index (χ3n) is 1.89. The van der Waals surface area contributed by atoms with Gasteiger partial charge in [-0.15, -0.1) is 0 Å². The van der Waals surface area contributed by atoms with E-state index in [2.05, 4.69) is 4.98 Å². The molecule has 0 aliphatic rings. The van der Waals surface area contributed by atoms with Crippen LogP contribution in [0.1, 0.15) is 17.4 Å². The molecule has 4 nitrogen and oxygen atoms in total. The highest BCUT2D eigenvalue weighted by atomic mass is 16.3. The van der Waals surface area contributed by atoms with Crippen molar-refractivity contribution in [1.29, 1.82) is 0 Å². The molecule has 0 amide bonds. The van der Waals surface area contributed by atoms with Gasteiger partial charge in [0.25, 0.3) is 0 Å². The molecule has 0 fully saturated rings. The monoisotopic (exact) mass is 196 g/mol. The minimum atomic E-state index is -0.406. The zero-order chi connectivity index (χ0) is 10.6. The van der Waals surface area contributed by atoms with E-state index in [0.717, 1.165) is 0 Å². The first-order chi connectivity index (χ1) is 6.59. The molecule has 0 saturated heterocycles. The fourth-order valence-corrected chi connectivity index (χ4v) is 1.35. The summed E-state index contributed by atoms with van der Waals surface area (Å²) in [6.45, 7) is 2.54. The van der Waals surface area contributed by atoms with E-state index in [1.165, 1.54) is 0 Å². The summed E-state index contributed by atoms with van der Waals surface area (Å²) in [6.07, 6.45) is 1.32. The molecule has 78 valence electrons. The van der Waals surface area contributed by atoms with Gasteiger partial charge in [0, 0.05) is 12.7 Å². The summed E-state index contributed by atoms with van der Waals surface area (Å²) in [5.41, 5.74) is 0.613. The molecule has 1 rings (SSSR count). The molecule has 4 heteroatoms. The molecule has 1 atom stereocenters. The van der Waals surface area contributed by atoms with Gasteiger partial charge in [-0.25, -0.2) is 0 Å². The van der Waals surface area contributed by atoms with Gasteiger partial charge in [0.05, 0.1) is 18.3 Å². The predicted octanol–water partition coefficient (Wildman–Crippen LogP) is 0.510. The number of hydrogen-bond acceptors (Lipinski definition) is 3. The number of rotatable bonds is 5. The minimum absolute atomic E-state index is 0.0400. The first-order valence-corrected chi connectivity index (χ1v) is 4.63. The van der Waals surface area contributed by atoms with Crippen LogP contribution in [0.25, 0.3) is 0 Å². The standard InChI is InChI=1S/C10H16N2O2/c1-8(13)6-12(2)7-10(14)9-4-3-5-11-9/h3-5,8,11,13H,6-7H2,1-2H3. The second-order valence-electron chi connectivity index (χ2n) is 3.55. The van der Waals surface area contributed by atoms with Crippen molar-refractivity contribution in [2.24, 2.45) is 0 Å². The molecule has 1 aromatic heterocycles. The van der Waals surface area contributed by atoms with Crippen molar-refractivity contribution in [2.45, 2.75) is 13.0 Å². The Bertz CT molecular complexity index is 280. The average Bonchev–Trinajstić information content (AvgIpc) is 2.53. The number of H-pyrrole nitrogens is 1. The lowest BCUT2D eigenvalue weighted by molar-refractivity contribution is 0.0897. The number of nitrogens with one attached hydrogen (secondary N) is 1. The van der Waals surface area contributed by atoms with Crippen LogP contribution in [0.4, 0.5) is 0 Å². The van der Waals surface area contributed by atoms with Crippen LogP contribution in [0, 0.1) is 0 Å². The van der Waals surface area contributed by atoms with Crippen LogP contribution in [-0.4, -0.2) is 47.0 Å². The molecule has 1 aromatic rings. The lowest BCUT2D eigenvalue weighted by Crippen LogP contribution is -2.32. The van der Waals surface area contributed by atoms with Gasteiger partial charge in [0.2, 0.25) is 0 Å². The van der Waals surface area contributed by atoms with Gasteiger partial charge >= 0.3 is 0 Å². The Hall–Kier alpha value is -1.13. The number of Topliss-reactive ketones (excluding diaryl/α,β-unsaturated/α-hetero) is 1. The van der Waals surface area contributed by atoms with Crippen molar-refractivity contribution in [2.75, 3.05) is 20.1 Å². The number of aliphatic hydroxyl groups excluding tert-OH is 1. The highest BCUT2D eigenvalue weighted by Gasteiger charge is 2.10. The van der Waals surface area contributed by atoms with E-state index in [0.29, 0.717) is 18.8 Å². The van der Waals surface area contributed by atoms with Crippen molar-refractivity contribution in [3.8, 4) is 0 Å². The van der Waals surface area contributed by atoms with Gasteiger partial charge in [0.15, 0.2) is 5.78 Å². The number of nitrogens with zero attached hydrogens (tertiary/aromatic N) is 1. The van der Waals surface area contributed by atoms with E-state index in [-0.39, 0.29) is 5.78 Å². The summed E-state index contributed by atoms with van der Waals surface area (Å²) in [5.74, 6) is 0.0400. The van der Waals surface area contributed by atoms with E-state index in [4.69, 9.17) is 5.11 Å². The zero-order valence-corrected chi connectivity index (χ0v) is 8.53. The molecule has 1 heterocycles. The van der Waals surface area contributed by atoms with Crippen LogP contribution in [0.5, 0.6) is 0 Å². The van der Waals surface area contributed by atoms with Crippen LogP contribution >= 0.6 is 0 Å². The van der Waals surface area contributed by atoms with Crippen molar-refractivity contribution >= 4 is 5.78 Å². The minimum Gasteiger partial charge on any atom is -0.392 e. The summed E-state index contributed by atoms with van der Waals surface area (Å²) in [5, 5.41) is 9.11. The van der Waals surface area contributed by atoms with Crippen LogP contribution in [-0.2, 0) is 0 Å². The van der Waals surface area contributed by atoms with Crippen LogP contribution < -0.4 is 0 Å².